The van der Waals surface area contributed by atoms with Crippen molar-refractivity contribution in [2.24, 2.45) is 0 Å². The quantitative estimate of drug-likeness (QED) is 0.308. The first kappa shape index (κ1) is 23.3. The lowest BCUT2D eigenvalue weighted by molar-refractivity contribution is -0.132. The first-order valence-electron chi connectivity index (χ1n) is 11.5. The average Bonchev–Trinajstić information content (AvgIpc) is 3.49. The Hall–Kier alpha value is -4.46. The second kappa shape index (κ2) is 9.30. The molecule has 36 heavy (non-hydrogen) atoms. The molecule has 2 aliphatic rings. The third-order valence-electron chi connectivity index (χ3n) is 6.41. The normalized spacial score (nSPS) is 18.0. The lowest BCUT2D eigenvalue weighted by atomic mass is 9.94. The van der Waals surface area contributed by atoms with E-state index in [4.69, 9.17) is 18.9 Å². The van der Waals surface area contributed by atoms with E-state index in [1.54, 1.807) is 36.4 Å². The molecule has 0 aliphatic carbocycles. The van der Waals surface area contributed by atoms with Gasteiger partial charge in [-0.25, -0.2) is 0 Å². The molecule has 1 atom stereocenters. The SMILES string of the molecule is CCc1ccc(C2/C(=C(/O)c3ccc4c(c3)OCO4)C(=O)C(=O)N2c2cc(OC)cc(OC)c2)cc1. The molecule has 0 aromatic heterocycles. The molecule has 2 heterocycles. The van der Waals surface area contributed by atoms with Gasteiger partial charge in [-0.1, -0.05) is 31.2 Å². The van der Waals surface area contributed by atoms with Crippen LogP contribution in [0.5, 0.6) is 23.0 Å². The summed E-state index contributed by atoms with van der Waals surface area (Å²) in [6.07, 6.45) is 0.838. The maximum Gasteiger partial charge on any atom is 0.300 e. The molecule has 3 aromatic rings. The summed E-state index contributed by atoms with van der Waals surface area (Å²) >= 11 is 0. The highest BCUT2D eigenvalue weighted by molar-refractivity contribution is 6.51. The van der Waals surface area contributed by atoms with Crippen LogP contribution < -0.4 is 23.8 Å². The van der Waals surface area contributed by atoms with Gasteiger partial charge in [0.2, 0.25) is 6.79 Å². The van der Waals surface area contributed by atoms with E-state index < -0.39 is 17.7 Å². The lowest BCUT2D eigenvalue weighted by Crippen LogP contribution is -2.29. The fourth-order valence-electron chi connectivity index (χ4n) is 4.48. The minimum atomic E-state index is -0.877. The van der Waals surface area contributed by atoms with Gasteiger partial charge in [-0.2, -0.15) is 0 Å². The molecule has 2 aliphatic heterocycles. The molecule has 1 N–H and O–H groups in total. The third kappa shape index (κ3) is 3.90. The second-order valence-corrected chi connectivity index (χ2v) is 8.40. The Kier molecular flexibility index (Phi) is 6.01. The van der Waals surface area contributed by atoms with Gasteiger partial charge in [0.1, 0.15) is 17.3 Å². The molecule has 3 aromatic carbocycles. The molecule has 1 amide bonds. The number of methoxy groups -OCH3 is 2. The number of carbonyl (C=O) groups is 2. The average molecular weight is 488 g/mol. The minimum Gasteiger partial charge on any atom is -0.507 e. The molecule has 1 saturated heterocycles. The van der Waals surface area contributed by atoms with E-state index in [1.807, 2.05) is 31.2 Å². The number of fused-ring (bicyclic) bond motifs is 1. The van der Waals surface area contributed by atoms with Crippen LogP contribution in [0.4, 0.5) is 5.69 Å². The van der Waals surface area contributed by atoms with Crippen molar-refractivity contribution in [2.45, 2.75) is 19.4 Å². The summed E-state index contributed by atoms with van der Waals surface area (Å²) in [5, 5.41) is 11.4. The molecule has 5 rings (SSSR count). The molecule has 8 heteroatoms. The number of benzene rings is 3. The fraction of sp³-hybridized carbons (Fsp3) is 0.214. The van der Waals surface area contributed by atoms with Gasteiger partial charge in [0.25, 0.3) is 11.7 Å². The van der Waals surface area contributed by atoms with E-state index in [0.717, 1.165) is 12.0 Å². The van der Waals surface area contributed by atoms with Crippen LogP contribution in [0, 0.1) is 0 Å². The van der Waals surface area contributed by atoms with Crippen LogP contribution in [-0.2, 0) is 16.0 Å². The van der Waals surface area contributed by atoms with Crippen molar-refractivity contribution in [3.63, 3.8) is 0 Å². The summed E-state index contributed by atoms with van der Waals surface area (Å²) in [6.45, 7) is 2.12. The molecule has 0 saturated carbocycles. The predicted molar refractivity (Wildman–Crippen MR) is 133 cm³/mol. The van der Waals surface area contributed by atoms with Crippen molar-refractivity contribution in [3.05, 3.63) is 82.9 Å². The van der Waals surface area contributed by atoms with E-state index in [2.05, 4.69) is 0 Å². The number of ketones is 1. The monoisotopic (exact) mass is 487 g/mol. The first-order valence-corrected chi connectivity index (χ1v) is 11.5. The highest BCUT2D eigenvalue weighted by Crippen LogP contribution is 2.45. The number of rotatable bonds is 6. The zero-order valence-corrected chi connectivity index (χ0v) is 20.1. The van der Waals surface area contributed by atoms with Crippen LogP contribution >= 0.6 is 0 Å². The molecule has 0 spiro atoms. The molecule has 184 valence electrons. The summed E-state index contributed by atoms with van der Waals surface area (Å²) in [5.74, 6) is 0.0586. The third-order valence-corrected chi connectivity index (χ3v) is 6.41. The number of hydrogen-bond acceptors (Lipinski definition) is 7. The highest BCUT2D eigenvalue weighted by atomic mass is 16.7. The molecular formula is C28H25NO7. The highest BCUT2D eigenvalue weighted by Gasteiger charge is 2.47. The number of amides is 1. The zero-order chi connectivity index (χ0) is 25.4. The number of aliphatic hydroxyl groups is 1. The van der Waals surface area contributed by atoms with E-state index in [0.29, 0.717) is 39.8 Å². The summed E-state index contributed by atoms with van der Waals surface area (Å²) in [4.78, 5) is 28.2. The molecule has 1 fully saturated rings. The topological polar surface area (TPSA) is 94.5 Å². The van der Waals surface area contributed by atoms with E-state index in [9.17, 15) is 14.7 Å². The van der Waals surface area contributed by atoms with Crippen molar-refractivity contribution in [2.75, 3.05) is 25.9 Å². The Morgan fingerprint density at radius 3 is 2.25 bits per heavy atom. The first-order chi connectivity index (χ1) is 17.4. The van der Waals surface area contributed by atoms with Crippen LogP contribution in [0.1, 0.15) is 29.7 Å². The van der Waals surface area contributed by atoms with Crippen molar-refractivity contribution in [1.82, 2.24) is 0 Å². The van der Waals surface area contributed by atoms with Gasteiger partial charge in [0.15, 0.2) is 11.5 Å². The fourth-order valence-corrected chi connectivity index (χ4v) is 4.48. The van der Waals surface area contributed by atoms with Crippen LogP contribution in [0.3, 0.4) is 0 Å². The van der Waals surface area contributed by atoms with E-state index in [1.165, 1.54) is 19.1 Å². The number of hydrogen-bond donors (Lipinski definition) is 1. The van der Waals surface area contributed by atoms with Crippen LogP contribution in [-0.4, -0.2) is 37.8 Å². The molecule has 0 radical (unpaired) electrons. The lowest BCUT2D eigenvalue weighted by Gasteiger charge is -2.26. The van der Waals surface area contributed by atoms with Gasteiger partial charge in [-0.3, -0.25) is 14.5 Å². The Labute approximate surface area is 208 Å². The van der Waals surface area contributed by atoms with Gasteiger partial charge in [-0.05, 0) is 35.7 Å². The number of ether oxygens (including phenoxy) is 4. The summed E-state index contributed by atoms with van der Waals surface area (Å²) in [6, 6.07) is 16.6. The largest absolute Gasteiger partial charge is 0.507 e. The van der Waals surface area contributed by atoms with Crippen LogP contribution in [0.15, 0.2) is 66.2 Å². The van der Waals surface area contributed by atoms with Crippen LogP contribution in [0.2, 0.25) is 0 Å². The number of aryl methyl sites for hydroxylation is 1. The smallest absolute Gasteiger partial charge is 0.300 e. The number of nitrogens with zero attached hydrogens (tertiary/aromatic N) is 1. The molecule has 8 nitrogen and oxygen atoms in total. The van der Waals surface area contributed by atoms with Crippen molar-refractivity contribution in [3.8, 4) is 23.0 Å². The van der Waals surface area contributed by atoms with E-state index in [-0.39, 0.29) is 18.1 Å². The van der Waals surface area contributed by atoms with Gasteiger partial charge >= 0.3 is 0 Å². The minimum absolute atomic E-state index is 0.0232. The molecular weight excluding hydrogens is 462 g/mol. The Balaban J connectivity index is 1.71. The predicted octanol–water partition coefficient (Wildman–Crippen LogP) is 4.62. The van der Waals surface area contributed by atoms with Gasteiger partial charge in [-0.15, -0.1) is 0 Å². The van der Waals surface area contributed by atoms with Gasteiger partial charge in [0, 0.05) is 23.8 Å². The van der Waals surface area contributed by atoms with Crippen LogP contribution in [0.25, 0.3) is 5.76 Å². The zero-order valence-electron chi connectivity index (χ0n) is 20.1. The molecule has 1 unspecified atom stereocenters. The maximum atomic E-state index is 13.5. The Morgan fingerprint density at radius 2 is 1.61 bits per heavy atom. The van der Waals surface area contributed by atoms with Gasteiger partial charge in [0.05, 0.1) is 31.5 Å². The second-order valence-electron chi connectivity index (χ2n) is 8.40. The number of carbonyl (C=O) groups excluding carboxylic acids is 2. The molecule has 0 bridgehead atoms. The van der Waals surface area contributed by atoms with E-state index >= 15 is 0 Å². The summed E-state index contributed by atoms with van der Waals surface area (Å²) < 4.78 is 21.6. The number of aliphatic hydroxyl groups excluding tert-OH is 1. The maximum absolute atomic E-state index is 13.5. The standard InChI is InChI=1S/C28H25NO7/c1-4-16-5-7-17(8-6-16)25-24(26(30)18-9-10-22-23(11-18)36-15-35-22)27(31)28(32)29(25)19-12-20(33-2)14-21(13-19)34-3/h5-14,25,30H,4,15H2,1-3H3/b26-24-. The Bertz CT molecular complexity index is 1350. The van der Waals surface area contributed by atoms with Crippen molar-refractivity contribution < 1.29 is 33.6 Å². The Morgan fingerprint density at radius 1 is 0.944 bits per heavy atom. The van der Waals surface area contributed by atoms with Crippen molar-refractivity contribution in [1.29, 1.82) is 0 Å². The van der Waals surface area contributed by atoms with Crippen molar-refractivity contribution >= 4 is 23.1 Å². The number of anilines is 1. The number of Topliss-reactive ketones (excluding diaryl/α,β-unsaturated/α-hetero) is 1. The summed E-state index contributed by atoms with van der Waals surface area (Å²) in [7, 11) is 3.01. The summed E-state index contributed by atoms with van der Waals surface area (Å²) in [5.41, 5.74) is 2.51. The van der Waals surface area contributed by atoms with Gasteiger partial charge < -0.3 is 24.1 Å².